The van der Waals surface area contributed by atoms with Gasteiger partial charge in [-0.15, -0.1) is 0 Å². The van der Waals surface area contributed by atoms with Gasteiger partial charge < -0.3 is 5.73 Å². The van der Waals surface area contributed by atoms with E-state index in [2.05, 4.69) is 9.88 Å². The second-order valence-electron chi connectivity index (χ2n) is 6.98. The number of alkyl halides is 3. The number of anilines is 1. The molecule has 0 unspecified atom stereocenters. The zero-order valence-electron chi connectivity index (χ0n) is 14.7. The smallest absolute Gasteiger partial charge is 0.383 e. The maximum Gasteiger partial charge on any atom is 0.416 e. The van der Waals surface area contributed by atoms with Crippen LogP contribution in [0.2, 0.25) is 0 Å². The number of likely N-dealkylation sites (tertiary alicyclic amines) is 1. The molecule has 2 N–H and O–H groups in total. The summed E-state index contributed by atoms with van der Waals surface area (Å²) in [5.74, 6) is 0.955. The van der Waals surface area contributed by atoms with E-state index >= 15 is 0 Å². The van der Waals surface area contributed by atoms with E-state index in [4.69, 9.17) is 5.73 Å². The number of hydrogen-bond acceptors (Lipinski definition) is 3. The van der Waals surface area contributed by atoms with Crippen LogP contribution in [0, 0.1) is 5.92 Å². The summed E-state index contributed by atoms with van der Waals surface area (Å²) in [7, 11) is 0. The number of hydrogen-bond donors (Lipinski definition) is 1. The standard InChI is InChI=1S/C20H24F3N3/c21-20(22,23)18-8-2-1-6-16(18)10-9-15-5-4-12-26(13-15)14-17-7-3-11-25-19(17)24/h1-3,6-8,11,15H,4-5,9-10,12-14H2,(H2,24,25)/t15-/m1/s1. The first kappa shape index (κ1) is 18.7. The maximum atomic E-state index is 13.1. The highest BCUT2D eigenvalue weighted by molar-refractivity contribution is 5.38. The van der Waals surface area contributed by atoms with Crippen LogP contribution in [-0.2, 0) is 19.1 Å². The molecule has 1 aliphatic heterocycles. The maximum absolute atomic E-state index is 13.1. The van der Waals surface area contributed by atoms with E-state index in [9.17, 15) is 13.2 Å². The van der Waals surface area contributed by atoms with E-state index in [1.54, 1.807) is 18.3 Å². The van der Waals surface area contributed by atoms with Crippen molar-refractivity contribution < 1.29 is 13.2 Å². The number of halogens is 3. The van der Waals surface area contributed by atoms with E-state index in [1.165, 1.54) is 12.1 Å². The molecule has 3 nitrogen and oxygen atoms in total. The van der Waals surface area contributed by atoms with E-state index in [1.807, 2.05) is 12.1 Å². The van der Waals surface area contributed by atoms with Gasteiger partial charge in [0.2, 0.25) is 0 Å². The number of nitrogen functional groups attached to an aromatic ring is 1. The lowest BCUT2D eigenvalue weighted by atomic mass is 9.90. The van der Waals surface area contributed by atoms with Gasteiger partial charge in [0.05, 0.1) is 5.56 Å². The van der Waals surface area contributed by atoms with Crippen molar-refractivity contribution in [1.29, 1.82) is 0 Å². The van der Waals surface area contributed by atoms with Gasteiger partial charge in [0, 0.05) is 24.8 Å². The van der Waals surface area contributed by atoms with Crippen LogP contribution in [0.3, 0.4) is 0 Å². The molecule has 26 heavy (non-hydrogen) atoms. The van der Waals surface area contributed by atoms with Gasteiger partial charge >= 0.3 is 6.18 Å². The lowest BCUT2D eigenvalue weighted by molar-refractivity contribution is -0.138. The number of rotatable bonds is 5. The SMILES string of the molecule is Nc1ncccc1CN1CCC[C@H](CCc2ccccc2C(F)(F)F)C1. The molecule has 1 fully saturated rings. The predicted octanol–water partition coefficient (Wildman–Crippen LogP) is 4.53. The second-order valence-corrected chi connectivity index (χ2v) is 6.98. The molecule has 1 atom stereocenters. The third-order valence-electron chi connectivity index (χ3n) is 5.07. The average molecular weight is 363 g/mol. The van der Waals surface area contributed by atoms with E-state index < -0.39 is 11.7 Å². The molecule has 1 aromatic carbocycles. The van der Waals surface area contributed by atoms with Crippen molar-refractivity contribution in [3.05, 3.63) is 59.3 Å². The molecule has 0 amide bonds. The largest absolute Gasteiger partial charge is 0.416 e. The summed E-state index contributed by atoms with van der Waals surface area (Å²) in [6.45, 7) is 2.63. The van der Waals surface area contributed by atoms with Crippen molar-refractivity contribution in [1.82, 2.24) is 9.88 Å². The Hall–Kier alpha value is -2.08. The van der Waals surface area contributed by atoms with Crippen molar-refractivity contribution in [2.75, 3.05) is 18.8 Å². The Morgan fingerprint density at radius 2 is 1.88 bits per heavy atom. The number of aryl methyl sites for hydroxylation is 1. The predicted molar refractivity (Wildman–Crippen MR) is 96.4 cm³/mol. The van der Waals surface area contributed by atoms with Crippen molar-refractivity contribution in [3.63, 3.8) is 0 Å². The Morgan fingerprint density at radius 1 is 1.12 bits per heavy atom. The summed E-state index contributed by atoms with van der Waals surface area (Å²) in [4.78, 5) is 6.45. The van der Waals surface area contributed by atoms with Gasteiger partial charge in [-0.2, -0.15) is 13.2 Å². The summed E-state index contributed by atoms with van der Waals surface area (Å²) >= 11 is 0. The number of nitrogens with zero attached hydrogens (tertiary/aromatic N) is 2. The van der Waals surface area contributed by atoms with Crippen molar-refractivity contribution in [2.45, 2.75) is 38.4 Å². The van der Waals surface area contributed by atoms with Gasteiger partial charge in [-0.25, -0.2) is 4.98 Å². The highest BCUT2D eigenvalue weighted by atomic mass is 19.4. The fourth-order valence-corrected chi connectivity index (χ4v) is 3.73. The highest BCUT2D eigenvalue weighted by Crippen LogP contribution is 2.33. The zero-order chi connectivity index (χ0) is 18.6. The minimum Gasteiger partial charge on any atom is -0.383 e. The first-order chi connectivity index (χ1) is 12.4. The third kappa shape index (κ3) is 4.75. The fourth-order valence-electron chi connectivity index (χ4n) is 3.73. The molecule has 2 aromatic rings. The minimum absolute atomic E-state index is 0.397. The first-order valence-corrected chi connectivity index (χ1v) is 9.00. The van der Waals surface area contributed by atoms with Gasteiger partial charge in [0.15, 0.2) is 0 Å². The molecule has 2 heterocycles. The molecule has 0 radical (unpaired) electrons. The topological polar surface area (TPSA) is 42.1 Å². The van der Waals surface area contributed by atoms with Crippen molar-refractivity contribution in [2.24, 2.45) is 5.92 Å². The number of aromatic nitrogens is 1. The highest BCUT2D eigenvalue weighted by Gasteiger charge is 2.33. The van der Waals surface area contributed by atoms with Crippen LogP contribution in [0.1, 0.15) is 36.0 Å². The quantitative estimate of drug-likeness (QED) is 0.849. The molecule has 3 rings (SSSR count). The molecule has 0 spiro atoms. The molecule has 1 saturated heterocycles. The second kappa shape index (κ2) is 8.08. The van der Waals surface area contributed by atoms with Crippen LogP contribution >= 0.6 is 0 Å². The van der Waals surface area contributed by atoms with E-state index in [-0.39, 0.29) is 0 Å². The molecule has 0 aliphatic carbocycles. The van der Waals surface area contributed by atoms with Crippen molar-refractivity contribution >= 4 is 5.82 Å². The van der Waals surface area contributed by atoms with Crippen LogP contribution in [0.25, 0.3) is 0 Å². The summed E-state index contributed by atoms with van der Waals surface area (Å²) in [5, 5.41) is 0. The van der Waals surface area contributed by atoms with Gasteiger partial charge in [-0.3, -0.25) is 4.90 Å². The van der Waals surface area contributed by atoms with Crippen LogP contribution < -0.4 is 5.73 Å². The Morgan fingerprint density at radius 3 is 2.65 bits per heavy atom. The van der Waals surface area contributed by atoms with Crippen LogP contribution in [0.15, 0.2) is 42.6 Å². The monoisotopic (exact) mass is 363 g/mol. The minimum atomic E-state index is -4.28. The van der Waals surface area contributed by atoms with Crippen LogP contribution in [0.4, 0.5) is 19.0 Å². The summed E-state index contributed by atoms with van der Waals surface area (Å²) in [6, 6.07) is 9.76. The van der Waals surface area contributed by atoms with E-state index in [0.29, 0.717) is 23.7 Å². The van der Waals surface area contributed by atoms with E-state index in [0.717, 1.165) is 44.5 Å². The van der Waals surface area contributed by atoms with Gasteiger partial charge in [-0.1, -0.05) is 24.3 Å². The molecule has 6 heteroatoms. The molecule has 1 aromatic heterocycles. The Bertz CT molecular complexity index is 730. The van der Waals surface area contributed by atoms with Gasteiger partial charge in [-0.05, 0) is 55.8 Å². The fraction of sp³-hybridized carbons (Fsp3) is 0.450. The summed E-state index contributed by atoms with van der Waals surface area (Å²) < 4.78 is 39.4. The molecule has 0 bridgehead atoms. The molecular formula is C20H24F3N3. The molecule has 0 saturated carbocycles. The summed E-state index contributed by atoms with van der Waals surface area (Å²) in [5.41, 5.74) is 6.82. The third-order valence-corrected chi connectivity index (χ3v) is 5.07. The molecule has 1 aliphatic rings. The van der Waals surface area contributed by atoms with Crippen LogP contribution in [-0.4, -0.2) is 23.0 Å². The van der Waals surface area contributed by atoms with Gasteiger partial charge in [0.1, 0.15) is 5.82 Å². The number of pyridine rings is 1. The summed E-state index contributed by atoms with van der Waals surface area (Å²) in [6.07, 6.45) is 0.747. The first-order valence-electron chi connectivity index (χ1n) is 9.00. The zero-order valence-corrected chi connectivity index (χ0v) is 14.7. The number of benzene rings is 1. The van der Waals surface area contributed by atoms with Gasteiger partial charge in [0.25, 0.3) is 0 Å². The molecular weight excluding hydrogens is 339 g/mol. The Kier molecular flexibility index (Phi) is 5.81. The lowest BCUT2D eigenvalue weighted by Crippen LogP contribution is -2.35. The average Bonchev–Trinajstić information content (AvgIpc) is 2.62. The molecule has 140 valence electrons. The number of nitrogens with two attached hydrogens (primary N) is 1. The Balaban J connectivity index is 1.59. The lowest BCUT2D eigenvalue weighted by Gasteiger charge is -2.33. The Labute approximate surface area is 152 Å². The van der Waals surface area contributed by atoms with Crippen molar-refractivity contribution in [3.8, 4) is 0 Å². The number of piperidine rings is 1. The van der Waals surface area contributed by atoms with Crippen LogP contribution in [0.5, 0.6) is 0 Å². The normalized spacial score (nSPS) is 18.8.